The molecule has 0 radical (unpaired) electrons. The molecule has 0 aliphatic heterocycles. The molecule has 0 aliphatic carbocycles. The number of aryl methyl sites for hydroxylation is 2. The van der Waals surface area contributed by atoms with E-state index in [1.165, 1.54) is 0 Å². The lowest BCUT2D eigenvalue weighted by atomic mass is 10.1. The van der Waals surface area contributed by atoms with Crippen molar-refractivity contribution >= 4 is 6.03 Å². The zero-order valence-electron chi connectivity index (χ0n) is 7.92. The molecule has 0 saturated carbocycles. The first kappa shape index (κ1) is 9.57. The van der Waals surface area contributed by atoms with Gasteiger partial charge in [-0.05, 0) is 20.8 Å². The molecule has 0 fully saturated rings. The zero-order valence-corrected chi connectivity index (χ0v) is 7.92. The monoisotopic (exact) mass is 183 g/mol. The summed E-state index contributed by atoms with van der Waals surface area (Å²) in [5.41, 5.74) is 6.66. The Labute approximate surface area is 76.3 Å². The number of carbonyl (C=O) groups excluding carboxylic acids is 1. The molecule has 5 nitrogen and oxygen atoms in total. The molecule has 0 spiro atoms. The van der Waals surface area contributed by atoms with Gasteiger partial charge in [-0.25, -0.2) is 4.79 Å². The highest BCUT2D eigenvalue weighted by molar-refractivity contribution is 5.72. The lowest BCUT2D eigenvalue weighted by Crippen LogP contribution is -2.32. The summed E-state index contributed by atoms with van der Waals surface area (Å²) in [5, 5.41) is 6.34. The normalized spacial score (nSPS) is 12.5. The van der Waals surface area contributed by atoms with Crippen LogP contribution in [0.3, 0.4) is 0 Å². The molecular formula is C8H13N3O2. The molecule has 5 heteroatoms. The third-order valence-corrected chi connectivity index (χ3v) is 1.88. The van der Waals surface area contributed by atoms with Crippen LogP contribution in [-0.2, 0) is 0 Å². The number of nitrogens with zero attached hydrogens (tertiary/aromatic N) is 1. The number of carbonyl (C=O) groups is 1. The van der Waals surface area contributed by atoms with E-state index in [1.807, 2.05) is 13.8 Å². The lowest BCUT2D eigenvalue weighted by molar-refractivity contribution is 0.246. The van der Waals surface area contributed by atoms with Crippen LogP contribution in [0, 0.1) is 13.8 Å². The second kappa shape index (κ2) is 3.47. The number of primary amides is 1. The van der Waals surface area contributed by atoms with Crippen molar-refractivity contribution in [1.29, 1.82) is 0 Å². The fourth-order valence-electron chi connectivity index (χ4n) is 1.39. The Hall–Kier alpha value is -1.52. The van der Waals surface area contributed by atoms with E-state index in [2.05, 4.69) is 10.5 Å². The zero-order chi connectivity index (χ0) is 10.0. The van der Waals surface area contributed by atoms with E-state index in [9.17, 15) is 4.79 Å². The molecule has 13 heavy (non-hydrogen) atoms. The van der Waals surface area contributed by atoms with Crippen LogP contribution >= 0.6 is 0 Å². The van der Waals surface area contributed by atoms with Crippen molar-refractivity contribution in [2.24, 2.45) is 5.73 Å². The van der Waals surface area contributed by atoms with Gasteiger partial charge in [-0.1, -0.05) is 5.16 Å². The predicted octanol–water partition coefficient (Wildman–Crippen LogP) is 1.02. The molecule has 1 aromatic rings. The molecule has 72 valence electrons. The highest BCUT2D eigenvalue weighted by Gasteiger charge is 2.16. The minimum Gasteiger partial charge on any atom is -0.361 e. The van der Waals surface area contributed by atoms with Gasteiger partial charge >= 0.3 is 6.03 Å². The fourth-order valence-corrected chi connectivity index (χ4v) is 1.39. The number of hydrogen-bond donors (Lipinski definition) is 2. The van der Waals surface area contributed by atoms with Crippen LogP contribution in [0.1, 0.15) is 30.0 Å². The Bertz CT molecular complexity index is 300. The quantitative estimate of drug-likeness (QED) is 0.718. The van der Waals surface area contributed by atoms with Crippen molar-refractivity contribution in [2.75, 3.05) is 0 Å². The standard InChI is InChI=1S/C8H13N3O2/c1-4(10-8(9)12)7-5(2)11-13-6(7)3/h4H,1-3H3,(H3,9,10,12). The molecule has 1 aromatic heterocycles. The largest absolute Gasteiger partial charge is 0.361 e. The Morgan fingerprint density at radius 1 is 1.62 bits per heavy atom. The van der Waals surface area contributed by atoms with Crippen LogP contribution in [0.5, 0.6) is 0 Å². The topological polar surface area (TPSA) is 81.2 Å². The summed E-state index contributed by atoms with van der Waals surface area (Å²) in [6.45, 7) is 5.46. The summed E-state index contributed by atoms with van der Waals surface area (Å²) in [4.78, 5) is 10.6. The Kier molecular flexibility index (Phi) is 2.55. The van der Waals surface area contributed by atoms with Crippen LogP contribution in [0.4, 0.5) is 4.79 Å². The average Bonchev–Trinajstić information content (AvgIpc) is 2.29. The van der Waals surface area contributed by atoms with Crippen molar-refractivity contribution in [3.8, 4) is 0 Å². The summed E-state index contributed by atoms with van der Waals surface area (Å²) in [7, 11) is 0. The van der Waals surface area contributed by atoms with E-state index in [-0.39, 0.29) is 6.04 Å². The maximum absolute atomic E-state index is 10.6. The number of aromatic nitrogens is 1. The smallest absolute Gasteiger partial charge is 0.312 e. The molecule has 1 rings (SSSR count). The van der Waals surface area contributed by atoms with Crippen LogP contribution in [0.15, 0.2) is 4.52 Å². The summed E-state index contributed by atoms with van der Waals surface area (Å²) in [5.74, 6) is 0.707. The van der Waals surface area contributed by atoms with Gasteiger partial charge in [0.05, 0.1) is 11.7 Å². The van der Waals surface area contributed by atoms with Crippen molar-refractivity contribution in [3.63, 3.8) is 0 Å². The first-order chi connectivity index (χ1) is 6.02. The van der Waals surface area contributed by atoms with Gasteiger partial charge in [-0.3, -0.25) is 0 Å². The minimum absolute atomic E-state index is 0.163. The summed E-state index contributed by atoms with van der Waals surface area (Å²) < 4.78 is 4.96. The minimum atomic E-state index is -0.549. The molecule has 1 heterocycles. The van der Waals surface area contributed by atoms with E-state index < -0.39 is 6.03 Å². The molecule has 1 unspecified atom stereocenters. The summed E-state index contributed by atoms with van der Waals surface area (Å²) in [6, 6.07) is -0.712. The molecule has 0 bridgehead atoms. The molecule has 0 aliphatic rings. The number of urea groups is 1. The molecule has 0 aromatic carbocycles. The van der Waals surface area contributed by atoms with E-state index in [0.29, 0.717) is 5.76 Å². The first-order valence-electron chi connectivity index (χ1n) is 4.01. The molecule has 2 amide bonds. The van der Waals surface area contributed by atoms with Crippen LogP contribution < -0.4 is 11.1 Å². The number of rotatable bonds is 2. The van der Waals surface area contributed by atoms with Crippen LogP contribution in [0.2, 0.25) is 0 Å². The molecule has 3 N–H and O–H groups in total. The van der Waals surface area contributed by atoms with Gasteiger partial charge in [0.15, 0.2) is 0 Å². The van der Waals surface area contributed by atoms with Gasteiger partial charge in [0.25, 0.3) is 0 Å². The maximum Gasteiger partial charge on any atom is 0.312 e. The highest BCUT2D eigenvalue weighted by Crippen LogP contribution is 2.20. The molecule has 1 atom stereocenters. The SMILES string of the molecule is Cc1noc(C)c1C(C)NC(N)=O. The third-order valence-electron chi connectivity index (χ3n) is 1.88. The molecular weight excluding hydrogens is 170 g/mol. The predicted molar refractivity (Wildman–Crippen MR) is 47.1 cm³/mol. The Morgan fingerprint density at radius 3 is 2.62 bits per heavy atom. The van der Waals surface area contributed by atoms with Gasteiger partial charge in [-0.15, -0.1) is 0 Å². The highest BCUT2D eigenvalue weighted by atomic mass is 16.5. The van der Waals surface area contributed by atoms with Gasteiger partial charge < -0.3 is 15.6 Å². The third kappa shape index (κ3) is 1.99. The fraction of sp³-hybridized carbons (Fsp3) is 0.500. The van der Waals surface area contributed by atoms with Gasteiger partial charge in [-0.2, -0.15) is 0 Å². The molecule has 0 saturated heterocycles. The second-order valence-electron chi connectivity index (χ2n) is 2.97. The number of amides is 2. The maximum atomic E-state index is 10.6. The number of nitrogens with one attached hydrogen (secondary N) is 1. The Balaban J connectivity index is 2.87. The van der Waals surface area contributed by atoms with Gasteiger partial charge in [0.2, 0.25) is 0 Å². The second-order valence-corrected chi connectivity index (χ2v) is 2.97. The van der Waals surface area contributed by atoms with Gasteiger partial charge in [0.1, 0.15) is 5.76 Å². The van der Waals surface area contributed by atoms with E-state index >= 15 is 0 Å². The van der Waals surface area contributed by atoms with Crippen LogP contribution in [0.25, 0.3) is 0 Å². The van der Waals surface area contributed by atoms with Crippen LogP contribution in [-0.4, -0.2) is 11.2 Å². The van der Waals surface area contributed by atoms with Gasteiger partial charge in [0, 0.05) is 5.56 Å². The van der Waals surface area contributed by atoms with Crippen molar-refractivity contribution < 1.29 is 9.32 Å². The van der Waals surface area contributed by atoms with E-state index in [0.717, 1.165) is 11.3 Å². The van der Waals surface area contributed by atoms with Crippen molar-refractivity contribution in [3.05, 3.63) is 17.0 Å². The van der Waals surface area contributed by atoms with Crippen molar-refractivity contribution in [2.45, 2.75) is 26.8 Å². The summed E-state index contributed by atoms with van der Waals surface area (Å²) >= 11 is 0. The summed E-state index contributed by atoms with van der Waals surface area (Å²) in [6.07, 6.45) is 0. The number of hydrogen-bond acceptors (Lipinski definition) is 3. The average molecular weight is 183 g/mol. The first-order valence-corrected chi connectivity index (χ1v) is 4.01. The van der Waals surface area contributed by atoms with E-state index in [4.69, 9.17) is 10.3 Å². The number of nitrogens with two attached hydrogens (primary N) is 1. The Morgan fingerprint density at radius 2 is 2.23 bits per heavy atom. The van der Waals surface area contributed by atoms with Crippen molar-refractivity contribution in [1.82, 2.24) is 10.5 Å². The lowest BCUT2D eigenvalue weighted by Gasteiger charge is -2.10. The van der Waals surface area contributed by atoms with E-state index in [1.54, 1.807) is 6.92 Å².